The van der Waals surface area contributed by atoms with Crippen LogP contribution in [0, 0.1) is 15.9 Å². The average Bonchev–Trinajstić information content (AvgIpc) is 2.46. The molecule has 1 heterocycles. The number of benzene rings is 1. The third-order valence-electron chi connectivity index (χ3n) is 2.39. The van der Waals surface area contributed by atoms with Gasteiger partial charge in [0.2, 0.25) is 0 Å². The van der Waals surface area contributed by atoms with Crippen molar-refractivity contribution in [2.45, 2.75) is 6.54 Å². The molecule has 0 aliphatic carbocycles. The zero-order chi connectivity index (χ0) is 16.5. The van der Waals surface area contributed by atoms with E-state index in [1.54, 1.807) is 12.1 Å². The molecule has 0 amide bonds. The van der Waals surface area contributed by atoms with E-state index in [2.05, 4.69) is 10.3 Å². The summed E-state index contributed by atoms with van der Waals surface area (Å²) in [5.74, 6) is -0.311. The first-order chi connectivity index (χ1) is 10.4. The summed E-state index contributed by atoms with van der Waals surface area (Å²) in [7, 11) is 0. The van der Waals surface area contributed by atoms with Crippen LogP contribution in [-0.2, 0) is 6.54 Å². The quantitative estimate of drug-likeness (QED) is 0.329. The second-order valence-corrected chi connectivity index (χ2v) is 3.88. The molecule has 0 unspecified atom stereocenters. The molecule has 116 valence electrons. The van der Waals surface area contributed by atoms with Gasteiger partial charge < -0.3 is 20.3 Å². The monoisotopic (exact) mass is 353 g/mol. The normalized spacial score (nSPS) is 8.54. The number of hydrogen-bond donors (Lipinski definition) is 1. The summed E-state index contributed by atoms with van der Waals surface area (Å²) < 4.78 is 12.7. The smallest absolute Gasteiger partial charge is 0.652 e. The number of carboxylic acid groups (broad SMARTS) is 2. The number of rotatable bonds is 4. The van der Waals surface area contributed by atoms with Gasteiger partial charge in [0, 0.05) is 12.7 Å². The second kappa shape index (κ2) is 13.1. The summed E-state index contributed by atoms with van der Waals surface area (Å²) in [5, 5.41) is 30.3. The van der Waals surface area contributed by atoms with E-state index < -0.39 is 11.1 Å². The van der Waals surface area contributed by atoms with Crippen molar-refractivity contribution in [1.29, 1.82) is 0 Å². The van der Waals surface area contributed by atoms with E-state index in [4.69, 9.17) is 15.0 Å². The number of nitrogens with one attached hydrogen (secondary N) is 1. The van der Waals surface area contributed by atoms with E-state index in [9.17, 15) is 14.5 Å². The van der Waals surface area contributed by atoms with Crippen molar-refractivity contribution in [2.75, 3.05) is 5.32 Å². The van der Waals surface area contributed by atoms with Crippen molar-refractivity contribution in [2.24, 2.45) is 0 Å². The van der Waals surface area contributed by atoms with Crippen LogP contribution in [0.2, 0.25) is 0 Å². The summed E-state index contributed by atoms with van der Waals surface area (Å²) in [4.78, 5) is 22.3. The molecule has 0 spiro atoms. The summed E-state index contributed by atoms with van der Waals surface area (Å²) in [6.45, 7) is 0.380. The van der Waals surface area contributed by atoms with Gasteiger partial charge in [-0.15, -0.1) is 0 Å². The van der Waals surface area contributed by atoms with Crippen LogP contribution in [0.25, 0.3) is 0 Å². The summed E-state index contributed by atoms with van der Waals surface area (Å²) in [5.41, 5.74) is 1.14. The maximum absolute atomic E-state index is 12.7. The van der Waals surface area contributed by atoms with Gasteiger partial charge in [-0.2, -0.15) is 0 Å². The van der Waals surface area contributed by atoms with Crippen LogP contribution < -0.4 is 74.6 Å². The van der Waals surface area contributed by atoms with Gasteiger partial charge in [0.05, 0.1) is 4.92 Å². The van der Waals surface area contributed by atoms with Gasteiger partial charge in [-0.25, -0.2) is 4.39 Å². The van der Waals surface area contributed by atoms with Crippen LogP contribution >= 0.6 is 0 Å². The van der Waals surface area contributed by atoms with Gasteiger partial charge in [0.25, 0.3) is 0 Å². The number of aromatic nitrogens is 1. The minimum absolute atomic E-state index is 0. The molecule has 2 aromatic rings. The molecular formula is C13H10FN3Na2O5. The Morgan fingerprint density at radius 2 is 1.71 bits per heavy atom. The van der Waals surface area contributed by atoms with Crippen LogP contribution in [0.1, 0.15) is 5.56 Å². The molecule has 1 N–H and O–H groups in total. The van der Waals surface area contributed by atoms with Crippen LogP contribution in [0.3, 0.4) is 0 Å². The van der Waals surface area contributed by atoms with E-state index in [1.807, 2.05) is 0 Å². The number of nitrogens with zero attached hydrogens (tertiary/aromatic N) is 2. The van der Waals surface area contributed by atoms with Gasteiger partial charge >= 0.3 is 64.8 Å². The van der Waals surface area contributed by atoms with E-state index in [1.165, 1.54) is 30.6 Å². The first-order valence-electron chi connectivity index (χ1n) is 5.85. The fraction of sp³-hybridized carbons (Fsp3) is 0.0769. The van der Waals surface area contributed by atoms with Crippen LogP contribution in [0.15, 0.2) is 42.7 Å². The standard InChI is InChI=1S/C12H10FN3O2.CH2O3.2Na/c13-10-3-1-9(2-4-10)7-15-11-5-6-14-8-12(11)16(17)18;2-1(3)4;;/h1-6,8H,7H2,(H,14,15);(H2,2,3,4);;/q;;2*+1/p-2. The van der Waals surface area contributed by atoms with Crippen molar-refractivity contribution < 1.29 is 83.4 Å². The van der Waals surface area contributed by atoms with Gasteiger partial charge in [-0.05, 0) is 29.9 Å². The minimum atomic E-state index is -2.33. The third-order valence-corrected chi connectivity index (χ3v) is 2.39. The molecule has 2 rings (SSSR count). The maximum atomic E-state index is 12.7. The Bertz CT molecular complexity index is 654. The van der Waals surface area contributed by atoms with Crippen molar-refractivity contribution in [3.8, 4) is 0 Å². The summed E-state index contributed by atoms with van der Waals surface area (Å²) >= 11 is 0. The maximum Gasteiger partial charge on any atom is 1.00 e. The van der Waals surface area contributed by atoms with Crippen molar-refractivity contribution >= 4 is 17.5 Å². The van der Waals surface area contributed by atoms with E-state index in [0.29, 0.717) is 12.2 Å². The minimum Gasteiger partial charge on any atom is -0.652 e. The van der Waals surface area contributed by atoms with E-state index in [-0.39, 0.29) is 70.6 Å². The molecule has 0 saturated carbocycles. The largest absolute Gasteiger partial charge is 1.00 e. The van der Waals surface area contributed by atoms with Crippen LogP contribution in [0.4, 0.5) is 20.6 Å². The molecule has 0 fully saturated rings. The topological polar surface area (TPSA) is 131 Å². The summed E-state index contributed by atoms with van der Waals surface area (Å²) in [6.07, 6.45) is 0.326. The number of nitro groups is 1. The Hall–Kier alpha value is -1.23. The molecule has 11 heteroatoms. The van der Waals surface area contributed by atoms with Gasteiger partial charge in [-0.1, -0.05) is 12.1 Å². The Balaban J connectivity index is 0. The van der Waals surface area contributed by atoms with Gasteiger partial charge in [0.1, 0.15) is 17.7 Å². The molecule has 0 aliphatic heterocycles. The van der Waals surface area contributed by atoms with E-state index in [0.717, 1.165) is 5.56 Å². The molecule has 1 aromatic carbocycles. The Kier molecular flexibility index (Phi) is 13.7. The molecule has 8 nitrogen and oxygen atoms in total. The van der Waals surface area contributed by atoms with Crippen molar-refractivity contribution in [1.82, 2.24) is 4.98 Å². The number of pyridine rings is 1. The second-order valence-electron chi connectivity index (χ2n) is 3.88. The molecule has 1 aromatic heterocycles. The molecular weight excluding hydrogens is 343 g/mol. The first-order valence-corrected chi connectivity index (χ1v) is 5.85. The Morgan fingerprint density at radius 1 is 1.17 bits per heavy atom. The van der Waals surface area contributed by atoms with Crippen LogP contribution in [0.5, 0.6) is 0 Å². The number of halogens is 1. The fourth-order valence-corrected chi connectivity index (χ4v) is 1.48. The van der Waals surface area contributed by atoms with Crippen molar-refractivity contribution in [3.05, 3.63) is 64.2 Å². The molecule has 0 aliphatic rings. The Morgan fingerprint density at radius 3 is 2.21 bits per heavy atom. The van der Waals surface area contributed by atoms with Crippen molar-refractivity contribution in [3.63, 3.8) is 0 Å². The molecule has 0 radical (unpaired) electrons. The molecule has 0 bridgehead atoms. The van der Waals surface area contributed by atoms with Crippen LogP contribution in [-0.4, -0.2) is 16.1 Å². The first kappa shape index (κ1) is 25.0. The number of carbonyl (C=O) groups is 1. The number of hydrogen-bond acceptors (Lipinski definition) is 7. The molecule has 0 atom stereocenters. The molecule has 24 heavy (non-hydrogen) atoms. The predicted molar refractivity (Wildman–Crippen MR) is 70.0 cm³/mol. The zero-order valence-electron chi connectivity index (χ0n) is 13.1. The summed E-state index contributed by atoms with van der Waals surface area (Å²) in [6, 6.07) is 7.46. The Labute approximate surface area is 180 Å². The molecule has 0 saturated heterocycles. The number of anilines is 1. The number of carbonyl (C=O) groups excluding carboxylic acids is 1. The SMILES string of the molecule is O=C([O-])[O-].O=[N+]([O-])c1cnccc1NCc1ccc(F)cc1.[Na+].[Na+]. The fourth-order valence-electron chi connectivity index (χ4n) is 1.48. The van der Waals surface area contributed by atoms with Gasteiger partial charge in [0.15, 0.2) is 0 Å². The average molecular weight is 353 g/mol. The zero-order valence-corrected chi connectivity index (χ0v) is 17.1. The third kappa shape index (κ3) is 9.81. The van der Waals surface area contributed by atoms with E-state index >= 15 is 0 Å². The predicted octanol–water partition coefficient (Wildman–Crippen LogP) is -5.70. The van der Waals surface area contributed by atoms with Gasteiger partial charge in [-0.3, -0.25) is 15.1 Å².